The molecule has 1 N–H and O–H groups in total. The number of hydrogen-bond donors (Lipinski definition) is 1. The van der Waals surface area contributed by atoms with Crippen molar-refractivity contribution in [3.8, 4) is 0 Å². The minimum absolute atomic E-state index is 0.0428. The van der Waals surface area contributed by atoms with E-state index in [9.17, 15) is 9.90 Å². The van der Waals surface area contributed by atoms with Crippen LogP contribution in [0.4, 0.5) is 0 Å². The largest absolute Gasteiger partial charge is 0.394 e. The summed E-state index contributed by atoms with van der Waals surface area (Å²) in [6.45, 7) is 2.88. The lowest BCUT2D eigenvalue weighted by atomic mass is 10.0. The van der Waals surface area contributed by atoms with E-state index in [0.29, 0.717) is 5.92 Å². The maximum absolute atomic E-state index is 12.7. The van der Waals surface area contributed by atoms with Crippen molar-refractivity contribution in [2.75, 3.05) is 13.2 Å². The third-order valence-corrected chi connectivity index (χ3v) is 7.22. The minimum atomic E-state index is -0.0428. The Labute approximate surface area is 153 Å². The summed E-state index contributed by atoms with van der Waals surface area (Å²) < 4.78 is 3.17. The van der Waals surface area contributed by atoms with Gasteiger partial charge in [-0.15, -0.1) is 0 Å². The van der Waals surface area contributed by atoms with Crippen molar-refractivity contribution in [3.63, 3.8) is 0 Å². The predicted octanol–water partition coefficient (Wildman–Crippen LogP) is 3.34. The third-order valence-electron chi connectivity index (χ3n) is 3.55. The van der Waals surface area contributed by atoms with Gasteiger partial charge in [0.1, 0.15) is 0 Å². The van der Waals surface area contributed by atoms with Gasteiger partial charge in [-0.25, -0.2) is 0 Å². The Balaban J connectivity index is 2.35. The molecule has 2 atom stereocenters. The number of benzene rings is 1. The first-order chi connectivity index (χ1) is 8.95. The van der Waals surface area contributed by atoms with Gasteiger partial charge in [0, 0.05) is 17.3 Å². The molecule has 1 aliphatic rings. The van der Waals surface area contributed by atoms with Crippen LogP contribution in [0.3, 0.4) is 0 Å². The molecule has 1 fully saturated rings. The number of aliphatic hydroxyl groups is 1. The lowest BCUT2D eigenvalue weighted by Gasteiger charge is -2.26. The molecule has 1 saturated heterocycles. The molecule has 0 aromatic heterocycles. The van der Waals surface area contributed by atoms with Crippen molar-refractivity contribution in [2.45, 2.75) is 19.4 Å². The van der Waals surface area contributed by atoms with Crippen LogP contribution in [0.5, 0.6) is 0 Å². The van der Waals surface area contributed by atoms with Crippen LogP contribution in [0.2, 0.25) is 0 Å². The molecule has 1 aromatic carbocycles. The number of amides is 1. The molecular formula is C13H14I3NO2. The van der Waals surface area contributed by atoms with Gasteiger partial charge in [0.25, 0.3) is 5.91 Å². The van der Waals surface area contributed by atoms with E-state index in [0.717, 1.165) is 29.2 Å². The minimum Gasteiger partial charge on any atom is -0.394 e. The van der Waals surface area contributed by atoms with E-state index in [-0.39, 0.29) is 18.6 Å². The number of aliphatic hydroxyl groups excluding tert-OH is 1. The lowest BCUT2D eigenvalue weighted by molar-refractivity contribution is 0.0647. The van der Waals surface area contributed by atoms with E-state index in [1.165, 1.54) is 0 Å². The maximum atomic E-state index is 12.7. The third kappa shape index (κ3) is 3.37. The molecule has 2 rings (SSSR count). The summed E-state index contributed by atoms with van der Waals surface area (Å²) in [5.41, 5.74) is 0.754. The Morgan fingerprint density at radius 1 is 1.42 bits per heavy atom. The second-order valence-electron chi connectivity index (χ2n) is 4.76. The number of carbonyl (C=O) groups is 1. The van der Waals surface area contributed by atoms with Crippen molar-refractivity contribution in [1.29, 1.82) is 0 Å². The molecule has 6 heteroatoms. The van der Waals surface area contributed by atoms with E-state index in [1.54, 1.807) is 0 Å². The van der Waals surface area contributed by atoms with Crippen LogP contribution in [0, 0.1) is 16.6 Å². The van der Waals surface area contributed by atoms with Crippen molar-refractivity contribution < 1.29 is 9.90 Å². The SMILES string of the molecule is CC1CCN(C(=O)c2cc(I)cc(I)c2I)C1CO. The van der Waals surface area contributed by atoms with Gasteiger partial charge < -0.3 is 10.0 Å². The summed E-state index contributed by atoms with van der Waals surface area (Å²) in [6.07, 6.45) is 0.967. The topological polar surface area (TPSA) is 40.5 Å². The smallest absolute Gasteiger partial charge is 0.255 e. The molecule has 2 unspecified atom stereocenters. The number of halogens is 3. The maximum Gasteiger partial charge on any atom is 0.255 e. The van der Waals surface area contributed by atoms with Crippen molar-refractivity contribution in [2.24, 2.45) is 5.92 Å². The zero-order valence-corrected chi connectivity index (χ0v) is 16.8. The molecule has 104 valence electrons. The Kier molecular flexibility index (Phi) is 5.75. The summed E-state index contributed by atoms with van der Waals surface area (Å²) in [7, 11) is 0. The fourth-order valence-electron chi connectivity index (χ4n) is 2.41. The van der Waals surface area contributed by atoms with Gasteiger partial charge in [-0.3, -0.25) is 4.79 Å². The van der Waals surface area contributed by atoms with E-state index >= 15 is 0 Å². The molecule has 1 heterocycles. The molecule has 0 spiro atoms. The Morgan fingerprint density at radius 3 is 2.74 bits per heavy atom. The molecule has 3 nitrogen and oxygen atoms in total. The van der Waals surface area contributed by atoms with Crippen LogP contribution < -0.4 is 0 Å². The van der Waals surface area contributed by atoms with E-state index in [2.05, 4.69) is 80.8 Å². The van der Waals surface area contributed by atoms with Gasteiger partial charge in [-0.1, -0.05) is 6.92 Å². The fraction of sp³-hybridized carbons (Fsp3) is 0.462. The first-order valence-electron chi connectivity index (χ1n) is 6.02. The molecule has 0 aliphatic carbocycles. The summed E-state index contributed by atoms with van der Waals surface area (Å²) >= 11 is 6.72. The number of rotatable bonds is 2. The second kappa shape index (κ2) is 6.73. The van der Waals surface area contributed by atoms with E-state index in [4.69, 9.17) is 0 Å². The van der Waals surface area contributed by atoms with Gasteiger partial charge in [0.15, 0.2) is 0 Å². The highest BCUT2D eigenvalue weighted by atomic mass is 127. The van der Waals surface area contributed by atoms with Crippen LogP contribution in [0.25, 0.3) is 0 Å². The summed E-state index contributed by atoms with van der Waals surface area (Å²) in [6, 6.07) is 3.96. The van der Waals surface area contributed by atoms with Gasteiger partial charge in [-0.05, 0) is 92.2 Å². The van der Waals surface area contributed by atoms with Crippen LogP contribution in [-0.2, 0) is 0 Å². The fourth-order valence-corrected chi connectivity index (χ4v) is 4.79. The molecule has 1 aliphatic heterocycles. The number of nitrogens with zero attached hydrogens (tertiary/aromatic N) is 1. The first-order valence-corrected chi connectivity index (χ1v) is 9.25. The van der Waals surface area contributed by atoms with Crippen LogP contribution in [0.15, 0.2) is 12.1 Å². The highest BCUT2D eigenvalue weighted by molar-refractivity contribution is 14.1. The standard InChI is InChI=1S/C13H14I3NO2/c1-7-2-3-17(11(7)6-18)13(19)9-4-8(14)5-10(15)12(9)16/h4-5,7,11,18H,2-3,6H2,1H3. The number of likely N-dealkylation sites (tertiary alicyclic amines) is 1. The average molecular weight is 597 g/mol. The van der Waals surface area contributed by atoms with Gasteiger partial charge in [0.2, 0.25) is 0 Å². The van der Waals surface area contributed by atoms with Crippen LogP contribution >= 0.6 is 67.8 Å². The highest BCUT2D eigenvalue weighted by Crippen LogP contribution is 2.29. The average Bonchev–Trinajstić information content (AvgIpc) is 2.74. The van der Waals surface area contributed by atoms with Gasteiger partial charge in [-0.2, -0.15) is 0 Å². The van der Waals surface area contributed by atoms with Crippen molar-refractivity contribution >= 4 is 73.7 Å². The van der Waals surface area contributed by atoms with Gasteiger partial charge >= 0.3 is 0 Å². The first kappa shape index (κ1) is 16.2. The summed E-state index contributed by atoms with van der Waals surface area (Å²) in [4.78, 5) is 14.5. The normalized spacial score (nSPS) is 22.9. The molecule has 1 amide bonds. The Hall–Kier alpha value is 0.840. The molecule has 19 heavy (non-hydrogen) atoms. The highest BCUT2D eigenvalue weighted by Gasteiger charge is 2.35. The number of carbonyl (C=O) groups excluding carboxylic acids is 1. The van der Waals surface area contributed by atoms with E-state index in [1.807, 2.05) is 11.0 Å². The van der Waals surface area contributed by atoms with Crippen LogP contribution in [0.1, 0.15) is 23.7 Å². The Bertz CT molecular complexity index is 507. The molecule has 1 aromatic rings. The number of hydrogen-bond acceptors (Lipinski definition) is 2. The lowest BCUT2D eigenvalue weighted by Crippen LogP contribution is -2.40. The van der Waals surface area contributed by atoms with Gasteiger partial charge in [0.05, 0.1) is 18.2 Å². The monoisotopic (exact) mass is 597 g/mol. The zero-order chi connectivity index (χ0) is 14.2. The molecule has 0 bridgehead atoms. The zero-order valence-electron chi connectivity index (χ0n) is 10.4. The molecule has 0 saturated carbocycles. The summed E-state index contributed by atoms with van der Waals surface area (Å²) in [5, 5.41) is 9.48. The Morgan fingerprint density at radius 2 is 2.11 bits per heavy atom. The molecule has 0 radical (unpaired) electrons. The molecular weight excluding hydrogens is 583 g/mol. The predicted molar refractivity (Wildman–Crippen MR) is 100 cm³/mol. The van der Waals surface area contributed by atoms with Crippen LogP contribution in [-0.4, -0.2) is 35.1 Å². The van der Waals surface area contributed by atoms with E-state index < -0.39 is 0 Å². The van der Waals surface area contributed by atoms with Crippen molar-refractivity contribution in [1.82, 2.24) is 4.90 Å². The quantitative estimate of drug-likeness (QED) is 0.421. The van der Waals surface area contributed by atoms with Crippen molar-refractivity contribution in [3.05, 3.63) is 28.4 Å². The second-order valence-corrected chi connectivity index (χ2v) is 8.25. The summed E-state index contributed by atoms with van der Waals surface area (Å²) in [5.74, 6) is 0.415.